The SMILES string of the molecule is CCc1ccc2c(c1)[C@@H](NC[C@@H](O)[C@H](Cc1cc(F)cc(F)c1)N(CC)C(=O)O)CS(=O)(=O)C2. The van der Waals surface area contributed by atoms with E-state index in [1.807, 2.05) is 19.1 Å². The molecule has 2 aromatic rings. The fourth-order valence-electron chi connectivity index (χ4n) is 4.46. The molecule has 1 aliphatic heterocycles. The number of carboxylic acid groups (broad SMARTS) is 1. The fraction of sp³-hybridized carbons (Fsp3) is 0.458. The molecule has 186 valence electrons. The van der Waals surface area contributed by atoms with Crippen LogP contribution in [0.4, 0.5) is 13.6 Å². The second-order valence-corrected chi connectivity index (χ2v) is 10.7. The highest BCUT2D eigenvalue weighted by atomic mass is 32.2. The van der Waals surface area contributed by atoms with Crippen LogP contribution >= 0.6 is 0 Å². The molecule has 3 atom stereocenters. The van der Waals surface area contributed by atoms with Crippen molar-refractivity contribution in [2.24, 2.45) is 0 Å². The molecule has 2 aromatic carbocycles. The minimum atomic E-state index is -3.36. The summed E-state index contributed by atoms with van der Waals surface area (Å²) >= 11 is 0. The average Bonchev–Trinajstić information content (AvgIpc) is 2.75. The van der Waals surface area contributed by atoms with E-state index in [2.05, 4.69) is 5.32 Å². The highest BCUT2D eigenvalue weighted by Gasteiger charge is 2.33. The molecule has 0 spiro atoms. The van der Waals surface area contributed by atoms with Crippen molar-refractivity contribution in [2.75, 3.05) is 18.8 Å². The monoisotopic (exact) mass is 496 g/mol. The predicted molar refractivity (Wildman–Crippen MR) is 124 cm³/mol. The Morgan fingerprint density at radius 2 is 1.82 bits per heavy atom. The van der Waals surface area contributed by atoms with Gasteiger partial charge in [0.15, 0.2) is 9.84 Å². The molecule has 3 N–H and O–H groups in total. The Morgan fingerprint density at radius 3 is 2.41 bits per heavy atom. The molecule has 0 bridgehead atoms. The fourth-order valence-corrected chi connectivity index (χ4v) is 6.12. The first-order chi connectivity index (χ1) is 16.0. The number of nitrogens with zero attached hydrogens (tertiary/aromatic N) is 1. The number of hydrogen-bond acceptors (Lipinski definition) is 5. The first kappa shape index (κ1) is 26.1. The highest BCUT2D eigenvalue weighted by molar-refractivity contribution is 7.90. The molecular formula is C24H30F2N2O5S. The lowest BCUT2D eigenvalue weighted by atomic mass is 9.96. The van der Waals surface area contributed by atoms with Crippen LogP contribution in [-0.2, 0) is 28.4 Å². The molecule has 7 nitrogen and oxygen atoms in total. The van der Waals surface area contributed by atoms with Crippen LogP contribution < -0.4 is 5.32 Å². The molecule has 1 aliphatic rings. The molecule has 0 aromatic heterocycles. The lowest BCUT2D eigenvalue weighted by molar-refractivity contribution is 0.0490. The van der Waals surface area contributed by atoms with E-state index < -0.39 is 45.8 Å². The van der Waals surface area contributed by atoms with Crippen LogP contribution in [0.25, 0.3) is 0 Å². The molecule has 34 heavy (non-hydrogen) atoms. The predicted octanol–water partition coefficient (Wildman–Crippen LogP) is 3.06. The van der Waals surface area contributed by atoms with Crippen LogP contribution in [0, 0.1) is 11.6 Å². The second kappa shape index (κ2) is 10.8. The van der Waals surface area contributed by atoms with Crippen molar-refractivity contribution in [1.29, 1.82) is 0 Å². The van der Waals surface area contributed by atoms with Gasteiger partial charge in [-0.25, -0.2) is 22.0 Å². The number of fused-ring (bicyclic) bond motifs is 1. The standard InChI is InChI=1S/C24H30F2N2O5S/c1-3-15-5-6-17-13-34(32,33)14-21(20(17)9-15)27-12-23(29)22(28(4-2)24(30)31)10-16-7-18(25)11-19(26)8-16/h5-9,11,21-23,27,29H,3-4,10,12-14H2,1-2H3,(H,30,31)/t21-,22-,23+/m0/s1. The number of aliphatic hydroxyl groups is 1. The van der Waals surface area contributed by atoms with Gasteiger partial charge in [-0.2, -0.15) is 0 Å². The molecule has 0 saturated heterocycles. The number of aryl methyl sites for hydroxylation is 1. The average molecular weight is 497 g/mol. The van der Waals surface area contributed by atoms with Crippen LogP contribution in [0.1, 0.15) is 42.1 Å². The summed E-state index contributed by atoms with van der Waals surface area (Å²) in [4.78, 5) is 12.8. The van der Waals surface area contributed by atoms with Crippen molar-refractivity contribution in [2.45, 2.75) is 50.6 Å². The Labute approximate surface area is 198 Å². The van der Waals surface area contributed by atoms with Gasteiger partial charge in [-0.15, -0.1) is 0 Å². The molecule has 1 amide bonds. The largest absolute Gasteiger partial charge is 0.465 e. The van der Waals surface area contributed by atoms with Crippen LogP contribution in [0.15, 0.2) is 36.4 Å². The number of sulfone groups is 1. The summed E-state index contributed by atoms with van der Waals surface area (Å²) in [5.41, 5.74) is 2.80. The van der Waals surface area contributed by atoms with Crippen molar-refractivity contribution in [3.05, 3.63) is 70.3 Å². The molecular weight excluding hydrogens is 466 g/mol. The Bertz CT molecular complexity index is 1120. The van der Waals surface area contributed by atoms with Gasteiger partial charge in [-0.3, -0.25) is 0 Å². The van der Waals surface area contributed by atoms with E-state index in [4.69, 9.17) is 0 Å². The Hall–Kier alpha value is -2.56. The van der Waals surface area contributed by atoms with Crippen LogP contribution in [0.2, 0.25) is 0 Å². The molecule has 0 radical (unpaired) electrons. The molecule has 0 saturated carbocycles. The van der Waals surface area contributed by atoms with Gasteiger partial charge in [-0.1, -0.05) is 25.1 Å². The molecule has 0 fully saturated rings. The van der Waals surface area contributed by atoms with Gasteiger partial charge in [0.1, 0.15) is 11.6 Å². The molecule has 10 heteroatoms. The van der Waals surface area contributed by atoms with Crippen LogP contribution in [0.5, 0.6) is 0 Å². The Kier molecular flexibility index (Phi) is 8.27. The lowest BCUT2D eigenvalue weighted by Crippen LogP contribution is -2.51. The summed E-state index contributed by atoms with van der Waals surface area (Å²) in [6.45, 7) is 3.54. The minimum absolute atomic E-state index is 0.0510. The number of hydrogen-bond donors (Lipinski definition) is 3. The van der Waals surface area contributed by atoms with Crippen molar-refractivity contribution in [3.63, 3.8) is 0 Å². The number of aliphatic hydroxyl groups excluding tert-OH is 1. The number of halogens is 2. The normalized spacial score (nSPS) is 18.7. The summed E-state index contributed by atoms with van der Waals surface area (Å²) in [5.74, 6) is -1.79. The molecule has 0 unspecified atom stereocenters. The van der Waals surface area contributed by atoms with E-state index in [9.17, 15) is 32.2 Å². The van der Waals surface area contributed by atoms with Crippen LogP contribution in [0.3, 0.4) is 0 Å². The summed E-state index contributed by atoms with van der Waals surface area (Å²) < 4.78 is 52.3. The van der Waals surface area contributed by atoms with Gasteiger partial charge in [0.25, 0.3) is 0 Å². The van der Waals surface area contributed by atoms with E-state index in [1.54, 1.807) is 13.0 Å². The zero-order valence-corrected chi connectivity index (χ0v) is 20.0. The topological polar surface area (TPSA) is 107 Å². The van der Waals surface area contributed by atoms with Crippen LogP contribution in [-0.4, -0.2) is 60.6 Å². The third kappa shape index (κ3) is 6.31. The highest BCUT2D eigenvalue weighted by Crippen LogP contribution is 2.29. The quantitative estimate of drug-likeness (QED) is 0.493. The van der Waals surface area contributed by atoms with Gasteiger partial charge in [0, 0.05) is 25.2 Å². The van der Waals surface area contributed by atoms with E-state index in [0.717, 1.165) is 40.6 Å². The summed E-state index contributed by atoms with van der Waals surface area (Å²) in [6, 6.07) is 7.00. The van der Waals surface area contributed by atoms with E-state index in [-0.39, 0.29) is 36.6 Å². The van der Waals surface area contributed by atoms with Gasteiger partial charge >= 0.3 is 6.09 Å². The minimum Gasteiger partial charge on any atom is -0.465 e. The summed E-state index contributed by atoms with van der Waals surface area (Å²) in [5, 5.41) is 23.7. The maximum Gasteiger partial charge on any atom is 0.407 e. The number of carbonyl (C=O) groups is 1. The maximum atomic E-state index is 13.7. The van der Waals surface area contributed by atoms with E-state index in [1.165, 1.54) is 0 Å². The smallest absolute Gasteiger partial charge is 0.407 e. The van der Waals surface area contributed by atoms with Gasteiger partial charge in [0.2, 0.25) is 0 Å². The van der Waals surface area contributed by atoms with Gasteiger partial charge < -0.3 is 20.4 Å². The van der Waals surface area contributed by atoms with Crippen molar-refractivity contribution < 1.29 is 32.2 Å². The second-order valence-electron chi connectivity index (χ2n) is 8.59. The first-order valence-electron chi connectivity index (χ1n) is 11.2. The third-order valence-electron chi connectivity index (χ3n) is 6.16. The van der Waals surface area contributed by atoms with Crippen molar-refractivity contribution in [1.82, 2.24) is 10.2 Å². The summed E-state index contributed by atoms with van der Waals surface area (Å²) in [6.07, 6.45) is -1.87. The molecule has 3 rings (SSSR count). The Morgan fingerprint density at radius 1 is 1.15 bits per heavy atom. The third-order valence-corrected chi connectivity index (χ3v) is 7.75. The van der Waals surface area contributed by atoms with E-state index >= 15 is 0 Å². The number of benzene rings is 2. The number of rotatable bonds is 9. The number of amides is 1. The van der Waals surface area contributed by atoms with Gasteiger partial charge in [-0.05, 0) is 54.2 Å². The maximum absolute atomic E-state index is 13.7. The van der Waals surface area contributed by atoms with E-state index in [0.29, 0.717) is 5.56 Å². The zero-order valence-electron chi connectivity index (χ0n) is 19.2. The molecule has 0 aliphatic carbocycles. The van der Waals surface area contributed by atoms with Crippen molar-refractivity contribution in [3.8, 4) is 0 Å². The van der Waals surface area contributed by atoms with Crippen molar-refractivity contribution >= 4 is 15.9 Å². The first-order valence-corrected chi connectivity index (χ1v) is 13.0. The Balaban J connectivity index is 1.84. The number of nitrogens with one attached hydrogen (secondary N) is 1. The molecule has 1 heterocycles. The summed E-state index contributed by atoms with van der Waals surface area (Å²) in [7, 11) is -3.36. The lowest BCUT2D eigenvalue weighted by Gasteiger charge is -2.34. The number of likely N-dealkylation sites (N-methyl/N-ethyl adjacent to an activating group) is 1. The zero-order chi connectivity index (χ0) is 25.0. The van der Waals surface area contributed by atoms with Gasteiger partial charge in [0.05, 0.1) is 23.7 Å².